The Morgan fingerprint density at radius 2 is 1.69 bits per heavy atom. The molecule has 0 aromatic heterocycles. The summed E-state index contributed by atoms with van der Waals surface area (Å²) in [5, 5.41) is 2.96. The minimum atomic E-state index is 0.0842. The number of aryl methyl sites for hydroxylation is 1. The van der Waals surface area contributed by atoms with Gasteiger partial charge in [-0.2, -0.15) is 0 Å². The first-order valence-electron chi connectivity index (χ1n) is 10.9. The number of fused-ring (bicyclic) bond motifs is 1. The molecule has 2 aliphatic heterocycles. The van der Waals surface area contributed by atoms with Crippen molar-refractivity contribution < 1.29 is 9.53 Å². The minimum Gasteiger partial charge on any atom is -0.491 e. The van der Waals surface area contributed by atoms with Gasteiger partial charge in [0.05, 0.1) is 12.3 Å². The van der Waals surface area contributed by atoms with E-state index in [1.54, 1.807) is 0 Å². The first kappa shape index (κ1) is 19.8. The molecule has 1 N–H and O–H groups in total. The minimum absolute atomic E-state index is 0.0842. The van der Waals surface area contributed by atoms with Crippen LogP contribution in [-0.4, -0.2) is 50.1 Å². The fourth-order valence-corrected chi connectivity index (χ4v) is 4.16. The Morgan fingerprint density at radius 1 is 0.862 bits per heavy atom. The molecule has 0 aliphatic carbocycles. The highest BCUT2D eigenvalue weighted by molar-refractivity contribution is 5.95. The largest absolute Gasteiger partial charge is 0.491 e. The van der Waals surface area contributed by atoms with Crippen molar-refractivity contribution in [2.75, 3.05) is 49.5 Å². The van der Waals surface area contributed by atoms with Gasteiger partial charge >= 0.3 is 0 Å². The molecule has 1 saturated heterocycles. The van der Waals surface area contributed by atoms with Crippen LogP contribution in [0.5, 0.6) is 5.75 Å². The zero-order valence-corrected chi connectivity index (χ0v) is 17.1. The maximum absolute atomic E-state index is 11.7. The van der Waals surface area contributed by atoms with Gasteiger partial charge in [-0.3, -0.25) is 9.69 Å². The number of amides is 1. The van der Waals surface area contributed by atoms with E-state index < -0.39 is 0 Å². The lowest BCUT2D eigenvalue weighted by Gasteiger charge is -2.36. The van der Waals surface area contributed by atoms with Gasteiger partial charge in [-0.1, -0.05) is 30.3 Å². The van der Waals surface area contributed by atoms with E-state index in [-0.39, 0.29) is 5.91 Å². The quantitative estimate of drug-likeness (QED) is 0.690. The molecule has 154 valence electrons. The number of hydrogen-bond acceptors (Lipinski definition) is 4. The number of para-hydroxylation sites is 2. The van der Waals surface area contributed by atoms with E-state index in [1.807, 2.05) is 12.1 Å². The maximum Gasteiger partial charge on any atom is 0.224 e. The summed E-state index contributed by atoms with van der Waals surface area (Å²) < 4.78 is 5.97. The van der Waals surface area contributed by atoms with Crippen molar-refractivity contribution in [2.24, 2.45) is 0 Å². The molecule has 5 nitrogen and oxygen atoms in total. The molecule has 2 aromatic rings. The number of nitrogens with one attached hydrogen (secondary N) is 1. The number of piperazine rings is 1. The topological polar surface area (TPSA) is 44.8 Å². The molecule has 1 fully saturated rings. The molecule has 4 rings (SSSR count). The van der Waals surface area contributed by atoms with Crippen LogP contribution in [0.1, 0.15) is 31.2 Å². The molecule has 0 unspecified atom stereocenters. The summed E-state index contributed by atoms with van der Waals surface area (Å²) in [6.45, 7) is 6.37. The van der Waals surface area contributed by atoms with Gasteiger partial charge in [0.15, 0.2) is 0 Å². The number of anilines is 2. The van der Waals surface area contributed by atoms with Crippen LogP contribution in [0.25, 0.3) is 0 Å². The van der Waals surface area contributed by atoms with Crippen LogP contribution in [0.15, 0.2) is 48.5 Å². The first-order valence-corrected chi connectivity index (χ1v) is 10.9. The highest BCUT2D eigenvalue weighted by atomic mass is 16.5. The van der Waals surface area contributed by atoms with Crippen LogP contribution in [-0.2, 0) is 11.2 Å². The van der Waals surface area contributed by atoms with Crippen molar-refractivity contribution in [1.82, 2.24) is 4.90 Å². The Balaban J connectivity index is 1.12. The maximum atomic E-state index is 11.7. The van der Waals surface area contributed by atoms with E-state index in [4.69, 9.17) is 4.74 Å². The number of ether oxygens (including phenoxy) is 1. The zero-order valence-electron chi connectivity index (χ0n) is 17.1. The van der Waals surface area contributed by atoms with Gasteiger partial charge in [0, 0.05) is 38.3 Å². The van der Waals surface area contributed by atoms with Gasteiger partial charge in [-0.05, 0) is 56.0 Å². The summed E-state index contributed by atoms with van der Waals surface area (Å²) >= 11 is 0. The second kappa shape index (κ2) is 9.79. The van der Waals surface area contributed by atoms with Gasteiger partial charge in [0.2, 0.25) is 5.91 Å². The van der Waals surface area contributed by atoms with Gasteiger partial charge in [0.25, 0.3) is 0 Å². The molecule has 1 amide bonds. The van der Waals surface area contributed by atoms with Gasteiger partial charge in [-0.25, -0.2) is 0 Å². The number of carbonyl (C=O) groups is 1. The van der Waals surface area contributed by atoms with Gasteiger partial charge < -0.3 is 15.0 Å². The SMILES string of the molecule is O=C1CCc2cccc(OCCCCCN3CCN(c4ccccc4)CC3)c2N1. The highest BCUT2D eigenvalue weighted by Crippen LogP contribution is 2.32. The fourth-order valence-electron chi connectivity index (χ4n) is 4.16. The summed E-state index contributed by atoms with van der Waals surface area (Å²) in [4.78, 5) is 16.7. The number of benzene rings is 2. The first-order chi connectivity index (χ1) is 14.3. The Hall–Kier alpha value is -2.53. The van der Waals surface area contributed by atoms with Crippen molar-refractivity contribution in [3.05, 3.63) is 54.1 Å². The van der Waals surface area contributed by atoms with Crippen molar-refractivity contribution in [3.8, 4) is 5.75 Å². The third kappa shape index (κ3) is 5.30. The summed E-state index contributed by atoms with van der Waals surface area (Å²) in [6, 6.07) is 16.7. The lowest BCUT2D eigenvalue weighted by atomic mass is 10.0. The lowest BCUT2D eigenvalue weighted by Crippen LogP contribution is -2.46. The molecule has 0 bridgehead atoms. The van der Waals surface area contributed by atoms with Crippen molar-refractivity contribution in [1.29, 1.82) is 0 Å². The van der Waals surface area contributed by atoms with E-state index in [0.29, 0.717) is 13.0 Å². The van der Waals surface area contributed by atoms with Crippen LogP contribution >= 0.6 is 0 Å². The third-order valence-corrected chi connectivity index (χ3v) is 5.87. The molecular formula is C24H31N3O2. The number of hydrogen-bond donors (Lipinski definition) is 1. The van der Waals surface area contributed by atoms with Crippen molar-refractivity contribution in [3.63, 3.8) is 0 Å². The summed E-state index contributed by atoms with van der Waals surface area (Å²) in [5.74, 6) is 0.897. The Bertz CT molecular complexity index is 801. The standard InChI is InChI=1S/C24H31N3O2/c28-23-13-12-20-8-7-11-22(24(20)25-23)29-19-6-2-5-14-26-15-17-27(18-16-26)21-9-3-1-4-10-21/h1,3-4,7-11H,2,5-6,12-19H2,(H,25,28). The molecule has 2 aliphatic rings. The Labute approximate surface area is 173 Å². The molecule has 0 saturated carbocycles. The summed E-state index contributed by atoms with van der Waals surface area (Å²) in [5.41, 5.74) is 3.39. The predicted octanol–water partition coefficient (Wildman–Crippen LogP) is 3.94. The molecule has 29 heavy (non-hydrogen) atoms. The van der Waals surface area contributed by atoms with Gasteiger partial charge in [-0.15, -0.1) is 0 Å². The monoisotopic (exact) mass is 393 g/mol. The lowest BCUT2D eigenvalue weighted by molar-refractivity contribution is -0.116. The summed E-state index contributed by atoms with van der Waals surface area (Å²) in [6.07, 6.45) is 4.78. The van der Waals surface area contributed by atoms with E-state index >= 15 is 0 Å². The van der Waals surface area contributed by atoms with Gasteiger partial charge in [0.1, 0.15) is 5.75 Å². The van der Waals surface area contributed by atoms with E-state index in [1.165, 1.54) is 30.6 Å². The molecule has 0 spiro atoms. The van der Waals surface area contributed by atoms with Crippen LogP contribution < -0.4 is 15.0 Å². The molecule has 0 radical (unpaired) electrons. The van der Waals surface area contributed by atoms with Crippen LogP contribution in [0.3, 0.4) is 0 Å². The molecular weight excluding hydrogens is 362 g/mol. The van der Waals surface area contributed by atoms with Crippen molar-refractivity contribution in [2.45, 2.75) is 32.1 Å². The molecule has 2 aromatic carbocycles. The number of rotatable bonds is 8. The highest BCUT2D eigenvalue weighted by Gasteiger charge is 2.18. The van der Waals surface area contributed by atoms with E-state index in [2.05, 4.69) is 51.5 Å². The second-order valence-corrected chi connectivity index (χ2v) is 7.91. The molecule has 0 atom stereocenters. The molecule has 2 heterocycles. The Kier molecular flexibility index (Phi) is 6.67. The number of carbonyl (C=O) groups excluding carboxylic acids is 1. The zero-order chi connectivity index (χ0) is 19.9. The smallest absolute Gasteiger partial charge is 0.224 e. The van der Waals surface area contributed by atoms with Crippen LogP contribution in [0, 0.1) is 0 Å². The average molecular weight is 394 g/mol. The third-order valence-electron chi connectivity index (χ3n) is 5.87. The van der Waals surface area contributed by atoms with E-state index in [0.717, 1.165) is 50.5 Å². The predicted molar refractivity (Wildman–Crippen MR) is 118 cm³/mol. The van der Waals surface area contributed by atoms with E-state index in [9.17, 15) is 4.79 Å². The number of nitrogens with zero attached hydrogens (tertiary/aromatic N) is 2. The normalized spacial score (nSPS) is 17.0. The molecule has 5 heteroatoms. The fraction of sp³-hybridized carbons (Fsp3) is 0.458. The van der Waals surface area contributed by atoms with Crippen molar-refractivity contribution >= 4 is 17.3 Å². The van der Waals surface area contributed by atoms with Crippen LogP contribution in [0.2, 0.25) is 0 Å². The van der Waals surface area contributed by atoms with Crippen LogP contribution in [0.4, 0.5) is 11.4 Å². The average Bonchev–Trinajstić information content (AvgIpc) is 2.77. The second-order valence-electron chi connectivity index (χ2n) is 7.91. The Morgan fingerprint density at radius 3 is 2.52 bits per heavy atom. The number of unbranched alkanes of at least 4 members (excludes halogenated alkanes) is 2. The summed E-state index contributed by atoms with van der Waals surface area (Å²) in [7, 11) is 0.